The van der Waals surface area contributed by atoms with Gasteiger partial charge in [-0.1, -0.05) is 35.9 Å². The van der Waals surface area contributed by atoms with Crippen LogP contribution >= 0.6 is 15.9 Å². The molecule has 0 unspecified atom stereocenters. The number of hydrogen-bond acceptors (Lipinski definition) is 3. The highest BCUT2D eigenvalue weighted by Gasteiger charge is 2.09. The minimum atomic E-state index is -0.0362. The van der Waals surface area contributed by atoms with E-state index in [9.17, 15) is 4.79 Å². The number of methoxy groups -OCH3 is 2. The van der Waals surface area contributed by atoms with Crippen molar-refractivity contribution in [1.29, 1.82) is 0 Å². The molecule has 2 aromatic rings. The standard InChI is InChI=1S/C18H17BrO3/c1-12-4-7-14(8-5-12)16(20)9-6-13-10-15(19)18(22-3)17(11-13)21-2/h4-11H,1-3H3/b9-6+. The van der Waals surface area contributed by atoms with Gasteiger partial charge in [-0.05, 0) is 46.6 Å². The highest BCUT2D eigenvalue weighted by molar-refractivity contribution is 9.10. The minimum Gasteiger partial charge on any atom is -0.493 e. The zero-order valence-electron chi connectivity index (χ0n) is 12.7. The van der Waals surface area contributed by atoms with Crippen LogP contribution in [0.4, 0.5) is 0 Å². The lowest BCUT2D eigenvalue weighted by Gasteiger charge is -2.10. The fourth-order valence-electron chi connectivity index (χ4n) is 2.02. The SMILES string of the molecule is COc1cc(/C=C/C(=O)c2ccc(C)cc2)cc(Br)c1OC. The molecule has 0 aromatic heterocycles. The van der Waals surface area contributed by atoms with Crippen molar-refractivity contribution in [3.63, 3.8) is 0 Å². The Morgan fingerprint density at radius 3 is 2.36 bits per heavy atom. The number of allylic oxidation sites excluding steroid dienone is 1. The maximum Gasteiger partial charge on any atom is 0.185 e. The summed E-state index contributed by atoms with van der Waals surface area (Å²) in [5.74, 6) is 1.20. The first-order chi connectivity index (χ1) is 10.5. The van der Waals surface area contributed by atoms with Gasteiger partial charge in [-0.15, -0.1) is 0 Å². The van der Waals surface area contributed by atoms with Gasteiger partial charge in [0, 0.05) is 5.56 Å². The second kappa shape index (κ2) is 7.27. The maximum absolute atomic E-state index is 12.1. The van der Waals surface area contributed by atoms with Gasteiger partial charge in [-0.25, -0.2) is 0 Å². The van der Waals surface area contributed by atoms with Crippen LogP contribution in [-0.4, -0.2) is 20.0 Å². The molecule has 0 saturated heterocycles. The molecule has 3 nitrogen and oxygen atoms in total. The van der Waals surface area contributed by atoms with E-state index in [2.05, 4.69) is 15.9 Å². The lowest BCUT2D eigenvalue weighted by molar-refractivity contribution is 0.104. The van der Waals surface area contributed by atoms with Crippen LogP contribution in [0.3, 0.4) is 0 Å². The van der Waals surface area contributed by atoms with Crippen LogP contribution in [0.15, 0.2) is 46.9 Å². The van der Waals surface area contributed by atoms with Crippen LogP contribution in [0.2, 0.25) is 0 Å². The molecular weight excluding hydrogens is 344 g/mol. The summed E-state index contributed by atoms with van der Waals surface area (Å²) in [6.07, 6.45) is 3.31. The van der Waals surface area contributed by atoms with Crippen molar-refractivity contribution in [1.82, 2.24) is 0 Å². The van der Waals surface area contributed by atoms with Gasteiger partial charge in [0.05, 0.1) is 18.7 Å². The van der Waals surface area contributed by atoms with Gasteiger partial charge in [0.25, 0.3) is 0 Å². The average molecular weight is 361 g/mol. The summed E-state index contributed by atoms with van der Waals surface area (Å²) >= 11 is 3.44. The third-order valence-electron chi connectivity index (χ3n) is 3.22. The molecule has 0 fully saturated rings. The van der Waals surface area contributed by atoms with Gasteiger partial charge in [0.1, 0.15) is 0 Å². The molecule has 0 radical (unpaired) electrons. The third kappa shape index (κ3) is 3.77. The first-order valence-electron chi connectivity index (χ1n) is 6.75. The summed E-state index contributed by atoms with van der Waals surface area (Å²) in [5, 5.41) is 0. The van der Waals surface area contributed by atoms with Crippen molar-refractivity contribution in [2.24, 2.45) is 0 Å². The van der Waals surface area contributed by atoms with E-state index in [1.807, 2.05) is 43.3 Å². The van der Waals surface area contributed by atoms with Gasteiger partial charge < -0.3 is 9.47 Å². The largest absolute Gasteiger partial charge is 0.493 e. The predicted molar refractivity (Wildman–Crippen MR) is 91.8 cm³/mol. The molecule has 0 bridgehead atoms. The average Bonchev–Trinajstić information content (AvgIpc) is 2.52. The smallest absolute Gasteiger partial charge is 0.185 e. The highest BCUT2D eigenvalue weighted by atomic mass is 79.9. The first-order valence-corrected chi connectivity index (χ1v) is 7.55. The number of rotatable bonds is 5. The van der Waals surface area contributed by atoms with Crippen LogP contribution in [0, 0.1) is 6.92 Å². The molecule has 2 rings (SSSR count). The van der Waals surface area contributed by atoms with E-state index in [-0.39, 0.29) is 5.78 Å². The first kappa shape index (κ1) is 16.3. The third-order valence-corrected chi connectivity index (χ3v) is 3.81. The van der Waals surface area contributed by atoms with Crippen molar-refractivity contribution in [3.05, 3.63) is 63.6 Å². The lowest BCUT2D eigenvalue weighted by Crippen LogP contribution is -1.94. The summed E-state index contributed by atoms with van der Waals surface area (Å²) in [6, 6.07) is 11.2. The molecular formula is C18H17BrO3. The fourth-order valence-corrected chi connectivity index (χ4v) is 2.64. The van der Waals surface area contributed by atoms with Crippen LogP contribution in [0.25, 0.3) is 6.08 Å². The van der Waals surface area contributed by atoms with Gasteiger partial charge in [-0.2, -0.15) is 0 Å². The highest BCUT2D eigenvalue weighted by Crippen LogP contribution is 2.36. The number of halogens is 1. The number of benzene rings is 2. The molecule has 0 aliphatic heterocycles. The van der Waals surface area contributed by atoms with Crippen molar-refractivity contribution in [3.8, 4) is 11.5 Å². The molecule has 0 aliphatic rings. The zero-order chi connectivity index (χ0) is 16.1. The van der Waals surface area contributed by atoms with Crippen LogP contribution < -0.4 is 9.47 Å². The molecule has 22 heavy (non-hydrogen) atoms. The summed E-state index contributed by atoms with van der Waals surface area (Å²) in [6.45, 7) is 1.99. The molecule has 0 amide bonds. The van der Waals surface area contributed by atoms with Gasteiger partial charge >= 0.3 is 0 Å². The number of ketones is 1. The molecule has 0 spiro atoms. The summed E-state index contributed by atoms with van der Waals surface area (Å²) < 4.78 is 11.3. The van der Waals surface area contributed by atoms with Crippen molar-refractivity contribution >= 4 is 27.8 Å². The Hall–Kier alpha value is -2.07. The van der Waals surface area contributed by atoms with E-state index in [1.54, 1.807) is 26.4 Å². The minimum absolute atomic E-state index is 0.0362. The second-order valence-electron chi connectivity index (χ2n) is 4.80. The van der Waals surface area contributed by atoms with Gasteiger partial charge in [0.15, 0.2) is 17.3 Å². The van der Waals surface area contributed by atoms with E-state index in [1.165, 1.54) is 0 Å². The van der Waals surface area contributed by atoms with Crippen LogP contribution in [0.5, 0.6) is 11.5 Å². The normalized spacial score (nSPS) is 10.7. The summed E-state index contributed by atoms with van der Waals surface area (Å²) in [4.78, 5) is 12.1. The van der Waals surface area contributed by atoms with Gasteiger partial charge in [0.2, 0.25) is 0 Å². The van der Waals surface area contributed by atoms with E-state index in [4.69, 9.17) is 9.47 Å². The quantitative estimate of drug-likeness (QED) is 0.574. The van der Waals surface area contributed by atoms with E-state index >= 15 is 0 Å². The maximum atomic E-state index is 12.1. The number of carbonyl (C=O) groups excluding carboxylic acids is 1. The van der Waals surface area contributed by atoms with Crippen LogP contribution in [-0.2, 0) is 0 Å². The van der Waals surface area contributed by atoms with E-state index in [0.29, 0.717) is 17.1 Å². The second-order valence-corrected chi connectivity index (χ2v) is 5.66. The number of ether oxygens (including phenoxy) is 2. The Kier molecular flexibility index (Phi) is 5.39. The summed E-state index contributed by atoms with van der Waals surface area (Å²) in [7, 11) is 3.16. The molecule has 0 saturated carbocycles. The van der Waals surface area contributed by atoms with E-state index < -0.39 is 0 Å². The van der Waals surface area contributed by atoms with Crippen molar-refractivity contribution in [2.45, 2.75) is 6.92 Å². The summed E-state index contributed by atoms with van der Waals surface area (Å²) in [5.41, 5.74) is 2.65. The fraction of sp³-hybridized carbons (Fsp3) is 0.167. The van der Waals surface area contributed by atoms with E-state index in [0.717, 1.165) is 15.6 Å². The molecule has 114 valence electrons. The zero-order valence-corrected chi connectivity index (χ0v) is 14.3. The van der Waals surface area contributed by atoms with Gasteiger partial charge in [-0.3, -0.25) is 4.79 Å². The topological polar surface area (TPSA) is 35.5 Å². The molecule has 0 atom stereocenters. The molecule has 2 aromatic carbocycles. The molecule has 4 heteroatoms. The number of hydrogen-bond donors (Lipinski definition) is 0. The molecule has 0 N–H and O–H groups in total. The Balaban J connectivity index is 2.24. The monoisotopic (exact) mass is 360 g/mol. The molecule has 0 heterocycles. The van der Waals surface area contributed by atoms with Crippen molar-refractivity contribution in [2.75, 3.05) is 14.2 Å². The Morgan fingerprint density at radius 2 is 1.77 bits per heavy atom. The van der Waals surface area contributed by atoms with Crippen molar-refractivity contribution < 1.29 is 14.3 Å². The Morgan fingerprint density at radius 1 is 1.09 bits per heavy atom. The lowest BCUT2D eigenvalue weighted by atomic mass is 10.1. The Bertz CT molecular complexity index is 703. The van der Waals surface area contributed by atoms with Crippen LogP contribution in [0.1, 0.15) is 21.5 Å². The number of carbonyl (C=O) groups is 1. The molecule has 0 aliphatic carbocycles. The number of aryl methyl sites for hydroxylation is 1. The Labute approximate surface area is 138 Å². The predicted octanol–water partition coefficient (Wildman–Crippen LogP) is 4.67.